The van der Waals surface area contributed by atoms with Gasteiger partial charge in [-0.1, -0.05) is 19.8 Å². The second kappa shape index (κ2) is 5.86. The van der Waals surface area contributed by atoms with Gasteiger partial charge in [0.2, 0.25) is 0 Å². The van der Waals surface area contributed by atoms with Gasteiger partial charge < -0.3 is 10.6 Å². The minimum Gasteiger partial charge on any atom is -0.324 e. The molecule has 1 aliphatic heterocycles. The number of rotatable bonds is 4. The third kappa shape index (κ3) is 5.53. The number of nitrogens with zero attached hydrogens (tertiary/aromatic N) is 1. The molecular weight excluding hydrogens is 184 g/mol. The van der Waals surface area contributed by atoms with Crippen molar-refractivity contribution >= 4 is 0 Å². The molecule has 0 aromatic rings. The maximum atomic E-state index is 6.07. The lowest BCUT2D eigenvalue weighted by Crippen LogP contribution is -2.45. The zero-order valence-electron chi connectivity index (χ0n) is 10.8. The minimum absolute atomic E-state index is 0.0371. The summed E-state index contributed by atoms with van der Waals surface area (Å²) < 4.78 is 0. The molecule has 0 aliphatic carbocycles. The summed E-state index contributed by atoms with van der Waals surface area (Å²) in [5, 5.41) is 0. The first-order valence-electron chi connectivity index (χ1n) is 6.52. The predicted molar refractivity (Wildman–Crippen MR) is 67.0 cm³/mol. The summed E-state index contributed by atoms with van der Waals surface area (Å²) in [6, 6.07) is 0. The summed E-state index contributed by atoms with van der Waals surface area (Å²) >= 11 is 0. The molecule has 15 heavy (non-hydrogen) atoms. The van der Waals surface area contributed by atoms with E-state index in [1.807, 2.05) is 0 Å². The Balaban J connectivity index is 2.32. The Kier molecular flexibility index (Phi) is 5.07. The Morgan fingerprint density at radius 1 is 1.27 bits per heavy atom. The number of nitrogens with two attached hydrogens (primary N) is 1. The van der Waals surface area contributed by atoms with Gasteiger partial charge in [0.25, 0.3) is 0 Å². The average Bonchev–Trinajstić information content (AvgIpc) is 2.29. The molecule has 0 spiro atoms. The van der Waals surface area contributed by atoms with Crippen LogP contribution in [0.4, 0.5) is 0 Å². The second-order valence-corrected chi connectivity index (χ2v) is 5.85. The second-order valence-electron chi connectivity index (χ2n) is 5.85. The monoisotopic (exact) mass is 212 g/mol. The number of hydrogen-bond acceptors (Lipinski definition) is 2. The van der Waals surface area contributed by atoms with Crippen LogP contribution >= 0.6 is 0 Å². The Morgan fingerprint density at radius 2 is 2.00 bits per heavy atom. The molecule has 0 saturated carbocycles. The van der Waals surface area contributed by atoms with Crippen molar-refractivity contribution in [1.29, 1.82) is 0 Å². The van der Waals surface area contributed by atoms with Crippen molar-refractivity contribution < 1.29 is 0 Å². The number of hydrogen-bond donors (Lipinski definition) is 1. The van der Waals surface area contributed by atoms with E-state index < -0.39 is 0 Å². The van der Waals surface area contributed by atoms with Gasteiger partial charge in [0.15, 0.2) is 0 Å². The van der Waals surface area contributed by atoms with Crippen molar-refractivity contribution in [2.24, 2.45) is 11.7 Å². The third-order valence-corrected chi connectivity index (χ3v) is 3.27. The Labute approximate surface area is 95.2 Å². The van der Waals surface area contributed by atoms with E-state index in [4.69, 9.17) is 5.73 Å². The molecule has 1 atom stereocenters. The van der Waals surface area contributed by atoms with Gasteiger partial charge in [0.05, 0.1) is 0 Å². The molecule has 1 rings (SSSR count). The fourth-order valence-corrected chi connectivity index (χ4v) is 2.66. The van der Waals surface area contributed by atoms with Gasteiger partial charge in [-0.15, -0.1) is 0 Å². The fourth-order valence-electron chi connectivity index (χ4n) is 2.66. The lowest BCUT2D eigenvalue weighted by molar-refractivity contribution is 0.230. The van der Waals surface area contributed by atoms with Crippen molar-refractivity contribution in [2.45, 2.75) is 58.4 Å². The van der Waals surface area contributed by atoms with Gasteiger partial charge in [-0.05, 0) is 52.1 Å². The molecule has 0 radical (unpaired) electrons. The van der Waals surface area contributed by atoms with Crippen LogP contribution in [0.25, 0.3) is 0 Å². The third-order valence-electron chi connectivity index (χ3n) is 3.27. The topological polar surface area (TPSA) is 29.3 Å². The maximum Gasteiger partial charge on any atom is 0.0226 e. The van der Waals surface area contributed by atoms with Gasteiger partial charge in [0.1, 0.15) is 0 Å². The van der Waals surface area contributed by atoms with Crippen molar-refractivity contribution in [2.75, 3.05) is 19.6 Å². The first kappa shape index (κ1) is 13.0. The van der Waals surface area contributed by atoms with E-state index in [0.717, 1.165) is 12.5 Å². The van der Waals surface area contributed by atoms with Crippen molar-refractivity contribution in [3.8, 4) is 0 Å². The van der Waals surface area contributed by atoms with Crippen molar-refractivity contribution in [3.63, 3.8) is 0 Å². The lowest BCUT2D eigenvalue weighted by atomic mass is 9.96. The van der Waals surface area contributed by atoms with Crippen LogP contribution in [0.2, 0.25) is 0 Å². The molecule has 1 heterocycles. The molecule has 2 N–H and O–H groups in total. The van der Waals surface area contributed by atoms with E-state index >= 15 is 0 Å². The normalized spacial score (nSPS) is 25.2. The highest BCUT2D eigenvalue weighted by Crippen LogP contribution is 2.22. The Bertz CT molecular complexity index is 172. The van der Waals surface area contributed by atoms with Crippen LogP contribution in [0.3, 0.4) is 0 Å². The molecule has 2 nitrogen and oxygen atoms in total. The molecule has 0 bridgehead atoms. The van der Waals surface area contributed by atoms with Crippen molar-refractivity contribution in [3.05, 3.63) is 0 Å². The summed E-state index contributed by atoms with van der Waals surface area (Å²) in [6.07, 6.45) is 6.92. The molecule has 1 saturated heterocycles. The number of likely N-dealkylation sites (tertiary alicyclic amines) is 1. The fraction of sp³-hybridized carbons (Fsp3) is 1.00. The van der Waals surface area contributed by atoms with Crippen LogP contribution in [0.1, 0.15) is 52.9 Å². The summed E-state index contributed by atoms with van der Waals surface area (Å²) in [5.74, 6) is 0.973. The van der Waals surface area contributed by atoms with Gasteiger partial charge in [-0.2, -0.15) is 0 Å². The summed E-state index contributed by atoms with van der Waals surface area (Å²) in [7, 11) is 0. The van der Waals surface area contributed by atoms with Crippen LogP contribution in [0.5, 0.6) is 0 Å². The molecule has 0 aromatic carbocycles. The predicted octanol–water partition coefficient (Wildman–Crippen LogP) is 2.63. The summed E-state index contributed by atoms with van der Waals surface area (Å²) in [4.78, 5) is 2.55. The SMILES string of the molecule is CCCC1CCCN(CC(C)(C)N)CC1. The van der Waals surface area contributed by atoms with Crippen LogP contribution < -0.4 is 5.73 Å². The zero-order valence-corrected chi connectivity index (χ0v) is 10.8. The highest BCUT2D eigenvalue weighted by Gasteiger charge is 2.20. The van der Waals surface area contributed by atoms with Crippen molar-refractivity contribution in [1.82, 2.24) is 4.90 Å². The smallest absolute Gasteiger partial charge is 0.0226 e. The summed E-state index contributed by atoms with van der Waals surface area (Å²) in [6.45, 7) is 10.1. The molecule has 2 heteroatoms. The van der Waals surface area contributed by atoms with Crippen LogP contribution in [0.15, 0.2) is 0 Å². The van der Waals surface area contributed by atoms with Crippen LogP contribution in [0, 0.1) is 5.92 Å². The van der Waals surface area contributed by atoms with E-state index in [1.165, 1.54) is 45.2 Å². The van der Waals surface area contributed by atoms with E-state index in [2.05, 4.69) is 25.7 Å². The molecule has 1 aliphatic rings. The van der Waals surface area contributed by atoms with Crippen LogP contribution in [-0.2, 0) is 0 Å². The largest absolute Gasteiger partial charge is 0.324 e. The van der Waals surface area contributed by atoms with Gasteiger partial charge in [0, 0.05) is 12.1 Å². The summed E-state index contributed by atoms with van der Waals surface area (Å²) in [5.41, 5.74) is 6.03. The Hall–Kier alpha value is -0.0800. The van der Waals surface area contributed by atoms with Crippen LogP contribution in [-0.4, -0.2) is 30.1 Å². The molecular formula is C13H28N2. The highest BCUT2D eigenvalue weighted by atomic mass is 15.1. The van der Waals surface area contributed by atoms with Gasteiger partial charge >= 0.3 is 0 Å². The standard InChI is InChI=1S/C13H28N2/c1-4-6-12-7-5-9-15(10-8-12)11-13(2,3)14/h12H,4-11,14H2,1-3H3. The van der Waals surface area contributed by atoms with Gasteiger partial charge in [-0.25, -0.2) is 0 Å². The van der Waals surface area contributed by atoms with E-state index in [0.29, 0.717) is 0 Å². The lowest BCUT2D eigenvalue weighted by Gasteiger charge is -2.28. The molecule has 0 aromatic heterocycles. The minimum atomic E-state index is -0.0371. The van der Waals surface area contributed by atoms with E-state index in [9.17, 15) is 0 Å². The maximum absolute atomic E-state index is 6.07. The molecule has 1 fully saturated rings. The van der Waals surface area contributed by atoms with Gasteiger partial charge in [-0.3, -0.25) is 0 Å². The molecule has 0 amide bonds. The average molecular weight is 212 g/mol. The molecule has 90 valence electrons. The quantitative estimate of drug-likeness (QED) is 0.776. The first-order valence-corrected chi connectivity index (χ1v) is 6.52. The first-order chi connectivity index (χ1) is 7.01. The Morgan fingerprint density at radius 3 is 2.60 bits per heavy atom. The molecule has 1 unspecified atom stereocenters. The highest BCUT2D eigenvalue weighted by molar-refractivity contribution is 4.79. The van der Waals surface area contributed by atoms with E-state index in [-0.39, 0.29) is 5.54 Å². The zero-order chi connectivity index (χ0) is 11.3. The van der Waals surface area contributed by atoms with E-state index in [1.54, 1.807) is 0 Å².